The lowest BCUT2D eigenvalue weighted by atomic mass is 9.98. The molecule has 1 saturated heterocycles. The van der Waals surface area contributed by atoms with Crippen LogP contribution in [0.1, 0.15) is 70.3 Å². The number of carbonyl (C=O) groups is 1. The van der Waals surface area contributed by atoms with Gasteiger partial charge in [-0.05, 0) is 31.1 Å². The molecule has 1 amide bonds. The van der Waals surface area contributed by atoms with Crippen molar-refractivity contribution in [1.82, 2.24) is 19.9 Å². The molecule has 124 valence electrons. The number of amides is 1. The topological polar surface area (TPSA) is 51.0 Å². The fraction of sp³-hybridized carbons (Fsp3) is 0.824. The zero-order chi connectivity index (χ0) is 16.1. The molecule has 0 radical (unpaired) electrons. The number of hydrogen-bond acceptors (Lipinski definition) is 3. The van der Waals surface area contributed by atoms with Gasteiger partial charge >= 0.3 is 0 Å². The van der Waals surface area contributed by atoms with Crippen molar-refractivity contribution in [3.8, 4) is 0 Å². The van der Waals surface area contributed by atoms with Gasteiger partial charge in [-0.15, -0.1) is 5.10 Å². The normalized spacial score (nSPS) is 19.7. The lowest BCUT2D eigenvalue weighted by Crippen LogP contribution is -2.43. The van der Waals surface area contributed by atoms with Gasteiger partial charge in [-0.1, -0.05) is 45.7 Å². The van der Waals surface area contributed by atoms with E-state index in [9.17, 15) is 4.79 Å². The van der Waals surface area contributed by atoms with Gasteiger partial charge in [-0.2, -0.15) is 0 Å². The molecule has 1 aromatic heterocycles. The molecule has 0 N–H and O–H groups in total. The summed E-state index contributed by atoms with van der Waals surface area (Å²) >= 11 is 0. The molecule has 1 aromatic rings. The molecule has 0 saturated carbocycles. The van der Waals surface area contributed by atoms with Gasteiger partial charge in [0.25, 0.3) is 5.91 Å². The number of nitrogens with zero attached hydrogens (tertiary/aromatic N) is 4. The molecule has 2 heterocycles. The molecule has 5 heteroatoms. The fourth-order valence-corrected chi connectivity index (χ4v) is 3.12. The summed E-state index contributed by atoms with van der Waals surface area (Å²) in [5, 5.41) is 8.23. The quantitative estimate of drug-likeness (QED) is 0.838. The second-order valence-electron chi connectivity index (χ2n) is 7.21. The molecule has 1 atom stereocenters. The maximum absolute atomic E-state index is 12.8. The molecule has 0 spiro atoms. The Balaban J connectivity index is 2.08. The third-order valence-electron chi connectivity index (χ3n) is 4.52. The lowest BCUT2D eigenvalue weighted by molar-refractivity contribution is 0.0625. The molecule has 1 aliphatic rings. The molecule has 1 fully saturated rings. The average Bonchev–Trinajstić information content (AvgIpc) is 2.80. The molecule has 22 heavy (non-hydrogen) atoms. The first-order valence-electron chi connectivity index (χ1n) is 8.70. The molecule has 0 bridgehead atoms. The van der Waals surface area contributed by atoms with Crippen LogP contribution in [-0.2, 0) is 6.54 Å². The van der Waals surface area contributed by atoms with Crippen LogP contribution in [-0.4, -0.2) is 38.4 Å². The Bertz CT molecular complexity index is 481. The summed E-state index contributed by atoms with van der Waals surface area (Å²) in [7, 11) is 0. The minimum absolute atomic E-state index is 0.0522. The van der Waals surface area contributed by atoms with E-state index in [0.717, 1.165) is 32.4 Å². The molecule has 5 nitrogen and oxygen atoms in total. The first kappa shape index (κ1) is 17.0. The smallest absolute Gasteiger partial charge is 0.276 e. The van der Waals surface area contributed by atoms with Crippen LogP contribution in [0, 0.1) is 11.8 Å². The van der Waals surface area contributed by atoms with Crippen LogP contribution in [0.25, 0.3) is 0 Å². The molecule has 0 unspecified atom stereocenters. The van der Waals surface area contributed by atoms with Crippen molar-refractivity contribution in [2.24, 2.45) is 11.8 Å². The largest absolute Gasteiger partial charge is 0.334 e. The van der Waals surface area contributed by atoms with Gasteiger partial charge in [-0.3, -0.25) is 9.48 Å². The van der Waals surface area contributed by atoms with Crippen molar-refractivity contribution >= 4 is 5.91 Å². The maximum Gasteiger partial charge on any atom is 0.276 e. The van der Waals surface area contributed by atoms with Crippen LogP contribution in [0.3, 0.4) is 0 Å². The highest BCUT2D eigenvalue weighted by molar-refractivity contribution is 5.92. The second kappa shape index (κ2) is 7.75. The van der Waals surface area contributed by atoms with Gasteiger partial charge in [-0.25, -0.2) is 0 Å². The fourth-order valence-electron chi connectivity index (χ4n) is 3.12. The van der Waals surface area contributed by atoms with Crippen LogP contribution in [0.2, 0.25) is 0 Å². The first-order chi connectivity index (χ1) is 10.5. The van der Waals surface area contributed by atoms with Gasteiger partial charge in [0.05, 0.1) is 6.20 Å². The summed E-state index contributed by atoms with van der Waals surface area (Å²) in [6.07, 6.45) is 7.49. The first-order valence-corrected chi connectivity index (χ1v) is 8.70. The lowest BCUT2D eigenvalue weighted by Gasteiger charge is -2.32. The Hall–Kier alpha value is -1.39. The number of likely N-dealkylation sites (tertiary alicyclic amines) is 1. The van der Waals surface area contributed by atoms with E-state index in [4.69, 9.17) is 0 Å². The van der Waals surface area contributed by atoms with E-state index in [-0.39, 0.29) is 5.91 Å². The summed E-state index contributed by atoms with van der Waals surface area (Å²) in [5.74, 6) is 1.16. The van der Waals surface area contributed by atoms with E-state index < -0.39 is 0 Å². The highest BCUT2D eigenvalue weighted by atomic mass is 16.2. The summed E-state index contributed by atoms with van der Waals surface area (Å²) in [4.78, 5) is 14.9. The van der Waals surface area contributed by atoms with Gasteiger partial charge in [0.15, 0.2) is 5.69 Å². The minimum Gasteiger partial charge on any atom is -0.334 e. The van der Waals surface area contributed by atoms with Gasteiger partial charge in [0, 0.05) is 19.1 Å². The maximum atomic E-state index is 12.8. The summed E-state index contributed by atoms with van der Waals surface area (Å²) in [6.45, 7) is 10.5. The van der Waals surface area contributed by atoms with Gasteiger partial charge < -0.3 is 4.90 Å². The highest BCUT2D eigenvalue weighted by Crippen LogP contribution is 2.24. The number of hydrogen-bond donors (Lipinski definition) is 0. The standard InChI is InChI=1S/C17H30N4O/c1-13(2)9-11-20-12-15(18-19-20)17(22)21-10-7-5-6-8-16(21)14(3)4/h12-14,16H,5-11H2,1-4H3/t16-/m1/s1. The van der Waals surface area contributed by atoms with E-state index in [2.05, 4.69) is 38.0 Å². The number of rotatable bonds is 5. The molecule has 0 aromatic carbocycles. The predicted molar refractivity (Wildman–Crippen MR) is 87.6 cm³/mol. The average molecular weight is 306 g/mol. The van der Waals surface area contributed by atoms with E-state index in [1.54, 1.807) is 4.68 Å². The summed E-state index contributed by atoms with van der Waals surface area (Å²) in [6, 6.07) is 0.329. The molecule has 2 rings (SSSR count). The van der Waals surface area contributed by atoms with E-state index in [1.807, 2.05) is 11.1 Å². The van der Waals surface area contributed by atoms with E-state index in [0.29, 0.717) is 23.6 Å². The van der Waals surface area contributed by atoms with Gasteiger partial charge in [0.2, 0.25) is 0 Å². The Morgan fingerprint density at radius 1 is 1.27 bits per heavy atom. The molecular weight excluding hydrogens is 276 g/mol. The van der Waals surface area contributed by atoms with Crippen molar-refractivity contribution in [3.05, 3.63) is 11.9 Å². The van der Waals surface area contributed by atoms with Crippen molar-refractivity contribution in [3.63, 3.8) is 0 Å². The number of carbonyl (C=O) groups excluding carboxylic acids is 1. The third-order valence-corrected chi connectivity index (χ3v) is 4.52. The monoisotopic (exact) mass is 306 g/mol. The van der Waals surface area contributed by atoms with Crippen LogP contribution in [0.5, 0.6) is 0 Å². The van der Waals surface area contributed by atoms with Crippen molar-refractivity contribution < 1.29 is 4.79 Å². The summed E-state index contributed by atoms with van der Waals surface area (Å²) in [5.41, 5.74) is 0.497. The predicted octanol–water partition coefficient (Wildman–Crippen LogP) is 3.37. The Labute approximate surface area is 134 Å². The Kier molecular flexibility index (Phi) is 5.98. The van der Waals surface area contributed by atoms with Crippen LogP contribution < -0.4 is 0 Å². The van der Waals surface area contributed by atoms with Crippen LogP contribution >= 0.6 is 0 Å². The van der Waals surface area contributed by atoms with Gasteiger partial charge in [0.1, 0.15) is 0 Å². The minimum atomic E-state index is 0.0522. The number of aromatic nitrogens is 3. The van der Waals surface area contributed by atoms with Crippen LogP contribution in [0.4, 0.5) is 0 Å². The van der Waals surface area contributed by atoms with Crippen molar-refractivity contribution in [2.75, 3.05) is 6.54 Å². The molecule has 0 aliphatic carbocycles. The number of aryl methyl sites for hydroxylation is 1. The summed E-state index contributed by atoms with van der Waals surface area (Å²) < 4.78 is 1.80. The Morgan fingerprint density at radius 3 is 2.73 bits per heavy atom. The SMILES string of the molecule is CC(C)CCn1cc(C(=O)N2CCCCC[C@@H]2C(C)C)nn1. The third kappa shape index (κ3) is 4.31. The Morgan fingerprint density at radius 2 is 2.05 bits per heavy atom. The highest BCUT2D eigenvalue weighted by Gasteiger charge is 2.29. The zero-order valence-corrected chi connectivity index (χ0v) is 14.5. The zero-order valence-electron chi connectivity index (χ0n) is 14.5. The van der Waals surface area contributed by atoms with Crippen molar-refractivity contribution in [2.45, 2.75) is 72.4 Å². The molecular formula is C17H30N4O. The van der Waals surface area contributed by atoms with E-state index in [1.165, 1.54) is 12.8 Å². The van der Waals surface area contributed by atoms with E-state index >= 15 is 0 Å². The van der Waals surface area contributed by atoms with Crippen molar-refractivity contribution in [1.29, 1.82) is 0 Å². The second-order valence-corrected chi connectivity index (χ2v) is 7.21. The molecule has 1 aliphatic heterocycles. The van der Waals surface area contributed by atoms with Crippen LogP contribution in [0.15, 0.2) is 6.20 Å².